The Bertz CT molecular complexity index is 528. The quantitative estimate of drug-likeness (QED) is 0.805. The zero-order valence-corrected chi connectivity index (χ0v) is 9.17. The summed E-state index contributed by atoms with van der Waals surface area (Å²) in [6.45, 7) is 1.89. The van der Waals surface area contributed by atoms with E-state index in [9.17, 15) is 0 Å². The summed E-state index contributed by atoms with van der Waals surface area (Å²) < 4.78 is 5.23. The van der Waals surface area contributed by atoms with E-state index < -0.39 is 0 Å². The minimum absolute atomic E-state index is 0.374. The molecule has 0 aliphatic rings. The lowest BCUT2D eigenvalue weighted by atomic mass is 10.1. The molecule has 4 nitrogen and oxygen atoms in total. The number of nitrogen functional groups attached to an aromatic ring is 1. The minimum Gasteiger partial charge on any atom is -0.496 e. The molecule has 0 spiro atoms. The number of aryl methyl sites for hydroxylation is 1. The summed E-state index contributed by atoms with van der Waals surface area (Å²) in [5, 5.41) is 1.25. The van der Waals surface area contributed by atoms with E-state index >= 15 is 0 Å². The van der Waals surface area contributed by atoms with Gasteiger partial charge < -0.3 is 10.5 Å². The van der Waals surface area contributed by atoms with E-state index in [0.29, 0.717) is 27.5 Å². The van der Waals surface area contributed by atoms with Crippen molar-refractivity contribution in [3.05, 3.63) is 23.0 Å². The number of anilines is 1. The second-order valence-electron chi connectivity index (χ2n) is 3.19. The van der Waals surface area contributed by atoms with Gasteiger partial charge in [-0.2, -0.15) is 0 Å². The highest BCUT2D eigenvalue weighted by Gasteiger charge is 2.12. The Morgan fingerprint density at radius 2 is 2.13 bits per heavy atom. The lowest BCUT2D eigenvalue weighted by Gasteiger charge is -2.09. The Morgan fingerprint density at radius 3 is 2.80 bits per heavy atom. The maximum absolute atomic E-state index is 6.13. The van der Waals surface area contributed by atoms with E-state index in [0.717, 1.165) is 5.56 Å². The van der Waals surface area contributed by atoms with Crippen LogP contribution in [-0.2, 0) is 0 Å². The third-order valence-electron chi connectivity index (χ3n) is 2.24. The van der Waals surface area contributed by atoms with Gasteiger partial charge in [-0.1, -0.05) is 11.6 Å². The van der Waals surface area contributed by atoms with E-state index in [-0.39, 0.29) is 0 Å². The lowest BCUT2D eigenvalue weighted by Crippen LogP contribution is -1.97. The SMILES string of the molecule is COc1cc(C)c(Cl)c2ncnc(N)c12. The standard InChI is InChI=1S/C10H10ClN3O/c1-5-3-6(15-2)7-9(8(5)11)13-4-14-10(7)12/h3-4H,1-2H3,(H2,12,13,14). The molecule has 0 amide bonds. The minimum atomic E-state index is 0.374. The number of hydrogen-bond acceptors (Lipinski definition) is 4. The van der Waals surface area contributed by atoms with Crippen molar-refractivity contribution in [3.8, 4) is 5.75 Å². The first-order chi connectivity index (χ1) is 7.15. The van der Waals surface area contributed by atoms with Crippen LogP contribution in [0.2, 0.25) is 5.02 Å². The molecule has 78 valence electrons. The predicted molar refractivity (Wildman–Crippen MR) is 60.2 cm³/mol. The Kier molecular flexibility index (Phi) is 2.36. The summed E-state index contributed by atoms with van der Waals surface area (Å²) >= 11 is 6.13. The monoisotopic (exact) mass is 223 g/mol. The molecule has 0 radical (unpaired) electrons. The molecule has 2 rings (SSSR count). The van der Waals surface area contributed by atoms with Crippen molar-refractivity contribution in [2.45, 2.75) is 6.92 Å². The largest absolute Gasteiger partial charge is 0.496 e. The highest BCUT2D eigenvalue weighted by atomic mass is 35.5. The lowest BCUT2D eigenvalue weighted by molar-refractivity contribution is 0.419. The molecule has 0 fully saturated rings. The van der Waals surface area contributed by atoms with Gasteiger partial charge in [0.15, 0.2) is 0 Å². The number of ether oxygens (including phenoxy) is 1. The number of halogens is 1. The average Bonchev–Trinajstić information content (AvgIpc) is 2.23. The number of aromatic nitrogens is 2. The number of fused-ring (bicyclic) bond motifs is 1. The smallest absolute Gasteiger partial charge is 0.138 e. The van der Waals surface area contributed by atoms with Crippen LogP contribution in [-0.4, -0.2) is 17.1 Å². The summed E-state index contributed by atoms with van der Waals surface area (Å²) in [7, 11) is 1.58. The van der Waals surface area contributed by atoms with E-state index in [1.54, 1.807) is 7.11 Å². The van der Waals surface area contributed by atoms with Crippen LogP contribution in [0.1, 0.15) is 5.56 Å². The maximum atomic E-state index is 6.13. The number of benzene rings is 1. The topological polar surface area (TPSA) is 61.0 Å². The fourth-order valence-electron chi connectivity index (χ4n) is 1.49. The van der Waals surface area contributed by atoms with Crippen molar-refractivity contribution in [1.82, 2.24) is 9.97 Å². The second-order valence-corrected chi connectivity index (χ2v) is 3.57. The van der Waals surface area contributed by atoms with Crippen molar-refractivity contribution in [3.63, 3.8) is 0 Å². The Hall–Kier alpha value is -1.55. The Balaban J connectivity index is 2.96. The van der Waals surface area contributed by atoms with Crippen molar-refractivity contribution >= 4 is 28.3 Å². The van der Waals surface area contributed by atoms with Gasteiger partial charge in [0.1, 0.15) is 17.9 Å². The second kappa shape index (κ2) is 3.55. The summed E-state index contributed by atoms with van der Waals surface area (Å²) in [6, 6.07) is 1.82. The molecule has 1 heterocycles. The normalized spacial score (nSPS) is 10.6. The van der Waals surface area contributed by atoms with E-state index in [1.165, 1.54) is 6.33 Å². The van der Waals surface area contributed by atoms with Crippen LogP contribution in [0.25, 0.3) is 10.9 Å². The first-order valence-electron chi connectivity index (χ1n) is 4.38. The van der Waals surface area contributed by atoms with Gasteiger partial charge in [0.2, 0.25) is 0 Å². The van der Waals surface area contributed by atoms with E-state index in [2.05, 4.69) is 9.97 Å². The molecule has 0 aliphatic carbocycles. The van der Waals surface area contributed by atoms with Crippen LogP contribution in [0.4, 0.5) is 5.82 Å². The highest BCUT2D eigenvalue weighted by molar-refractivity contribution is 6.36. The van der Waals surface area contributed by atoms with Gasteiger partial charge in [-0.05, 0) is 18.6 Å². The molecule has 0 bridgehead atoms. The van der Waals surface area contributed by atoms with Crippen LogP contribution in [0.15, 0.2) is 12.4 Å². The predicted octanol–water partition coefficient (Wildman–Crippen LogP) is 2.18. The average molecular weight is 224 g/mol. The zero-order chi connectivity index (χ0) is 11.0. The van der Waals surface area contributed by atoms with Gasteiger partial charge in [0.05, 0.1) is 23.0 Å². The van der Waals surface area contributed by atoms with Gasteiger partial charge in [-0.15, -0.1) is 0 Å². The molecule has 2 aromatic rings. The molecule has 0 unspecified atom stereocenters. The molecule has 1 aromatic heterocycles. The van der Waals surface area contributed by atoms with Crippen LogP contribution in [0, 0.1) is 6.92 Å². The molecule has 15 heavy (non-hydrogen) atoms. The van der Waals surface area contributed by atoms with Gasteiger partial charge in [-0.3, -0.25) is 0 Å². The number of methoxy groups -OCH3 is 1. The number of nitrogens with two attached hydrogens (primary N) is 1. The Labute approximate surface area is 92.0 Å². The fourth-order valence-corrected chi connectivity index (χ4v) is 1.69. The molecule has 0 saturated carbocycles. The fraction of sp³-hybridized carbons (Fsp3) is 0.200. The molecule has 0 aliphatic heterocycles. The highest BCUT2D eigenvalue weighted by Crippen LogP contribution is 2.35. The summed E-state index contributed by atoms with van der Waals surface area (Å²) in [5.74, 6) is 1.02. The van der Waals surface area contributed by atoms with Gasteiger partial charge >= 0.3 is 0 Å². The van der Waals surface area contributed by atoms with Gasteiger partial charge in [-0.25, -0.2) is 9.97 Å². The van der Waals surface area contributed by atoms with Crippen molar-refractivity contribution in [2.24, 2.45) is 0 Å². The number of hydrogen-bond donors (Lipinski definition) is 1. The zero-order valence-electron chi connectivity index (χ0n) is 8.41. The van der Waals surface area contributed by atoms with Crippen molar-refractivity contribution in [2.75, 3.05) is 12.8 Å². The molecule has 1 aromatic carbocycles. The molecule has 5 heteroatoms. The van der Waals surface area contributed by atoms with Crippen molar-refractivity contribution in [1.29, 1.82) is 0 Å². The van der Waals surface area contributed by atoms with Crippen LogP contribution in [0.5, 0.6) is 5.75 Å². The van der Waals surface area contributed by atoms with E-state index in [1.807, 2.05) is 13.0 Å². The third kappa shape index (κ3) is 1.47. The van der Waals surface area contributed by atoms with Crippen molar-refractivity contribution < 1.29 is 4.74 Å². The number of nitrogens with zero attached hydrogens (tertiary/aromatic N) is 2. The summed E-state index contributed by atoms with van der Waals surface area (Å²) in [4.78, 5) is 8.02. The Morgan fingerprint density at radius 1 is 1.40 bits per heavy atom. The molecule has 2 N–H and O–H groups in total. The molecular weight excluding hydrogens is 214 g/mol. The first-order valence-corrected chi connectivity index (χ1v) is 4.76. The van der Waals surface area contributed by atoms with E-state index in [4.69, 9.17) is 22.1 Å². The summed E-state index contributed by atoms with van der Waals surface area (Å²) in [6.07, 6.45) is 1.39. The first kappa shape index (κ1) is 9.98. The van der Waals surface area contributed by atoms with Crippen LogP contribution < -0.4 is 10.5 Å². The van der Waals surface area contributed by atoms with Crippen LogP contribution in [0.3, 0.4) is 0 Å². The molecule has 0 atom stereocenters. The van der Waals surface area contributed by atoms with Gasteiger partial charge in [0, 0.05) is 0 Å². The maximum Gasteiger partial charge on any atom is 0.138 e. The molecule has 0 saturated heterocycles. The van der Waals surface area contributed by atoms with Gasteiger partial charge in [0.25, 0.3) is 0 Å². The van der Waals surface area contributed by atoms with Crippen LogP contribution >= 0.6 is 11.6 Å². The number of rotatable bonds is 1. The third-order valence-corrected chi connectivity index (χ3v) is 2.72. The molecular formula is C10H10ClN3O. The summed E-state index contributed by atoms with van der Waals surface area (Å²) in [5.41, 5.74) is 7.29.